The molecule has 0 radical (unpaired) electrons. The molecule has 2 aromatic carbocycles. The van der Waals surface area contributed by atoms with Gasteiger partial charge in [-0.15, -0.1) is 0 Å². The molecule has 1 amide bonds. The van der Waals surface area contributed by atoms with Crippen molar-refractivity contribution < 1.29 is 13.2 Å². The Balaban J connectivity index is 1.33. The molecule has 1 aliphatic heterocycles. The van der Waals surface area contributed by atoms with Gasteiger partial charge >= 0.3 is 0 Å². The fourth-order valence-electron chi connectivity index (χ4n) is 4.38. The van der Waals surface area contributed by atoms with Crippen molar-refractivity contribution in [2.75, 3.05) is 13.1 Å². The fourth-order valence-corrected chi connectivity index (χ4v) is 5.73. The van der Waals surface area contributed by atoms with E-state index in [0.29, 0.717) is 12.1 Å². The second kappa shape index (κ2) is 9.94. The lowest BCUT2D eigenvalue weighted by Crippen LogP contribution is -2.32. The van der Waals surface area contributed by atoms with Gasteiger partial charge in [-0.3, -0.25) is 9.69 Å². The van der Waals surface area contributed by atoms with Crippen LogP contribution in [0.4, 0.5) is 0 Å². The van der Waals surface area contributed by atoms with E-state index in [1.165, 1.54) is 43.6 Å². The minimum absolute atomic E-state index is 0.00377. The van der Waals surface area contributed by atoms with Crippen molar-refractivity contribution in [3.63, 3.8) is 0 Å². The molecule has 0 spiro atoms. The number of nitrogens with zero attached hydrogens (tertiary/aromatic N) is 1. The Labute approximate surface area is 185 Å². The van der Waals surface area contributed by atoms with E-state index in [4.69, 9.17) is 0 Å². The predicted molar refractivity (Wildman–Crippen MR) is 121 cm³/mol. The molecule has 7 heteroatoms. The molecule has 0 unspecified atom stereocenters. The highest BCUT2D eigenvalue weighted by Gasteiger charge is 2.23. The van der Waals surface area contributed by atoms with Gasteiger partial charge in [0.25, 0.3) is 5.91 Å². The van der Waals surface area contributed by atoms with Gasteiger partial charge in [-0.1, -0.05) is 43.2 Å². The van der Waals surface area contributed by atoms with Crippen LogP contribution in [0.15, 0.2) is 53.4 Å². The summed E-state index contributed by atoms with van der Waals surface area (Å²) >= 11 is 0. The third-order valence-electron chi connectivity index (χ3n) is 6.16. The lowest BCUT2D eigenvalue weighted by molar-refractivity contribution is 0.0950. The van der Waals surface area contributed by atoms with Gasteiger partial charge in [-0.2, -0.15) is 0 Å². The maximum absolute atomic E-state index is 12.7. The number of carbonyl (C=O) groups excluding carboxylic acids is 1. The molecule has 2 aliphatic rings. The Morgan fingerprint density at radius 1 is 0.935 bits per heavy atom. The van der Waals surface area contributed by atoms with Crippen molar-refractivity contribution in [1.82, 2.24) is 14.9 Å². The molecule has 1 saturated heterocycles. The predicted octanol–water partition coefficient (Wildman–Crippen LogP) is 3.43. The highest BCUT2D eigenvalue weighted by Crippen LogP contribution is 2.21. The van der Waals surface area contributed by atoms with E-state index in [1.807, 2.05) is 12.1 Å². The summed E-state index contributed by atoms with van der Waals surface area (Å²) < 4.78 is 28.1. The zero-order chi connectivity index (χ0) is 21.7. The van der Waals surface area contributed by atoms with Crippen molar-refractivity contribution in [3.8, 4) is 0 Å². The molecule has 1 saturated carbocycles. The van der Waals surface area contributed by atoms with Gasteiger partial charge in [0.2, 0.25) is 10.0 Å². The molecule has 0 bridgehead atoms. The van der Waals surface area contributed by atoms with E-state index >= 15 is 0 Å². The van der Waals surface area contributed by atoms with Crippen LogP contribution < -0.4 is 10.0 Å². The SMILES string of the molecule is O=C(NCc1ccc(CN2CCCC2)cc1)c1cccc(S(=O)(=O)NC2CCCC2)c1. The molecule has 166 valence electrons. The van der Waals surface area contributed by atoms with Crippen LogP contribution in [0.3, 0.4) is 0 Å². The topological polar surface area (TPSA) is 78.5 Å². The first-order valence-electron chi connectivity index (χ1n) is 11.2. The number of amides is 1. The number of hydrogen-bond acceptors (Lipinski definition) is 4. The van der Waals surface area contributed by atoms with Crippen LogP contribution in [0.5, 0.6) is 0 Å². The molecule has 0 atom stereocenters. The van der Waals surface area contributed by atoms with Gasteiger partial charge in [-0.25, -0.2) is 13.1 Å². The first-order valence-corrected chi connectivity index (χ1v) is 12.7. The van der Waals surface area contributed by atoms with Crippen LogP contribution in [0, 0.1) is 0 Å². The third-order valence-corrected chi connectivity index (χ3v) is 7.68. The monoisotopic (exact) mass is 441 g/mol. The number of benzene rings is 2. The molecule has 31 heavy (non-hydrogen) atoms. The van der Waals surface area contributed by atoms with Crippen LogP contribution in [-0.2, 0) is 23.1 Å². The summed E-state index contributed by atoms with van der Waals surface area (Å²) in [4.78, 5) is 15.2. The van der Waals surface area contributed by atoms with Gasteiger partial charge in [-0.05, 0) is 68.1 Å². The van der Waals surface area contributed by atoms with E-state index in [0.717, 1.165) is 37.8 Å². The minimum Gasteiger partial charge on any atom is -0.348 e. The van der Waals surface area contributed by atoms with Gasteiger partial charge in [0.15, 0.2) is 0 Å². The quantitative estimate of drug-likeness (QED) is 0.658. The Bertz CT molecular complexity index is 993. The number of rotatable bonds is 8. The van der Waals surface area contributed by atoms with Crippen molar-refractivity contribution in [3.05, 3.63) is 65.2 Å². The summed E-state index contributed by atoms with van der Waals surface area (Å²) in [6, 6.07) is 14.5. The summed E-state index contributed by atoms with van der Waals surface area (Å²) in [5, 5.41) is 2.90. The zero-order valence-corrected chi connectivity index (χ0v) is 18.7. The molecule has 2 N–H and O–H groups in total. The fraction of sp³-hybridized carbons (Fsp3) is 0.458. The van der Waals surface area contributed by atoms with Crippen molar-refractivity contribution in [2.45, 2.75) is 62.6 Å². The molecule has 2 aromatic rings. The van der Waals surface area contributed by atoms with Gasteiger partial charge in [0.1, 0.15) is 0 Å². The lowest BCUT2D eigenvalue weighted by Gasteiger charge is -2.15. The van der Waals surface area contributed by atoms with E-state index < -0.39 is 10.0 Å². The molecule has 2 fully saturated rings. The Morgan fingerprint density at radius 2 is 1.61 bits per heavy atom. The standard InChI is InChI=1S/C24H31N3O3S/c28-24(25-17-19-10-12-20(13-11-19)18-27-14-3-4-15-27)21-6-5-9-23(16-21)31(29,30)26-22-7-1-2-8-22/h5-6,9-13,16,22,26H,1-4,7-8,14-15,17-18H2,(H,25,28). The number of carbonyl (C=O) groups is 1. The summed E-state index contributed by atoms with van der Waals surface area (Å²) in [7, 11) is -3.62. The Morgan fingerprint density at radius 3 is 2.32 bits per heavy atom. The van der Waals surface area contributed by atoms with Gasteiger partial charge in [0.05, 0.1) is 4.90 Å². The second-order valence-corrected chi connectivity index (χ2v) is 10.3. The number of likely N-dealkylation sites (tertiary alicyclic amines) is 1. The summed E-state index contributed by atoms with van der Waals surface area (Å²) in [5.41, 5.74) is 2.65. The highest BCUT2D eigenvalue weighted by atomic mass is 32.2. The van der Waals surface area contributed by atoms with Crippen molar-refractivity contribution in [1.29, 1.82) is 0 Å². The van der Waals surface area contributed by atoms with Crippen molar-refractivity contribution >= 4 is 15.9 Å². The molecule has 0 aromatic heterocycles. The highest BCUT2D eigenvalue weighted by molar-refractivity contribution is 7.89. The van der Waals surface area contributed by atoms with E-state index in [-0.39, 0.29) is 16.8 Å². The van der Waals surface area contributed by atoms with Gasteiger partial charge in [0, 0.05) is 24.7 Å². The molecule has 1 aliphatic carbocycles. The van der Waals surface area contributed by atoms with Crippen LogP contribution in [0.2, 0.25) is 0 Å². The number of hydrogen-bond donors (Lipinski definition) is 2. The first kappa shape index (κ1) is 22.0. The van der Waals surface area contributed by atoms with Crippen LogP contribution >= 0.6 is 0 Å². The molecular weight excluding hydrogens is 410 g/mol. The molecular formula is C24H31N3O3S. The van der Waals surface area contributed by atoms with E-state index in [9.17, 15) is 13.2 Å². The van der Waals surface area contributed by atoms with E-state index in [2.05, 4.69) is 27.1 Å². The molecule has 4 rings (SSSR count). The Kier molecular flexibility index (Phi) is 7.05. The largest absolute Gasteiger partial charge is 0.348 e. The average Bonchev–Trinajstić information content (AvgIpc) is 3.47. The smallest absolute Gasteiger partial charge is 0.251 e. The number of nitrogens with one attached hydrogen (secondary N) is 2. The normalized spacial score (nSPS) is 17.8. The maximum atomic E-state index is 12.7. The summed E-state index contributed by atoms with van der Waals surface area (Å²) in [6.07, 6.45) is 6.41. The third kappa shape index (κ3) is 5.93. The minimum atomic E-state index is -3.62. The summed E-state index contributed by atoms with van der Waals surface area (Å²) in [6.45, 7) is 3.72. The first-order chi connectivity index (χ1) is 15.0. The van der Waals surface area contributed by atoms with Crippen LogP contribution in [0.25, 0.3) is 0 Å². The van der Waals surface area contributed by atoms with Gasteiger partial charge < -0.3 is 5.32 Å². The Hall–Kier alpha value is -2.22. The lowest BCUT2D eigenvalue weighted by atomic mass is 10.1. The van der Waals surface area contributed by atoms with Crippen LogP contribution in [0.1, 0.15) is 60.0 Å². The maximum Gasteiger partial charge on any atom is 0.251 e. The zero-order valence-electron chi connectivity index (χ0n) is 17.8. The van der Waals surface area contributed by atoms with Crippen molar-refractivity contribution in [2.24, 2.45) is 0 Å². The number of sulfonamides is 1. The second-order valence-electron chi connectivity index (χ2n) is 8.61. The molecule has 1 heterocycles. The molecule has 6 nitrogen and oxygen atoms in total. The summed E-state index contributed by atoms with van der Waals surface area (Å²) in [5.74, 6) is -0.279. The van der Waals surface area contributed by atoms with E-state index in [1.54, 1.807) is 12.1 Å². The average molecular weight is 442 g/mol. The van der Waals surface area contributed by atoms with Crippen LogP contribution in [-0.4, -0.2) is 38.4 Å².